The van der Waals surface area contributed by atoms with E-state index < -0.39 is 0 Å². The fourth-order valence-corrected chi connectivity index (χ4v) is 1.27. The van der Waals surface area contributed by atoms with Crippen molar-refractivity contribution >= 4 is 5.69 Å². The molecule has 0 saturated heterocycles. The zero-order valence-corrected chi connectivity index (χ0v) is 8.81. The van der Waals surface area contributed by atoms with Crippen LogP contribution in [-0.4, -0.2) is 18.1 Å². The Labute approximate surface area is 89.4 Å². The third-order valence-corrected chi connectivity index (χ3v) is 2.32. The predicted molar refractivity (Wildman–Crippen MR) is 57.0 cm³/mol. The summed E-state index contributed by atoms with van der Waals surface area (Å²) in [6.07, 6.45) is 2.01. The van der Waals surface area contributed by atoms with Gasteiger partial charge in [0.2, 0.25) is 0 Å². The maximum absolute atomic E-state index is 8.87. The van der Waals surface area contributed by atoms with Crippen LogP contribution >= 0.6 is 0 Å². The molecule has 0 aromatic carbocycles. The normalized spacial score (nSPS) is 11.2. The molecule has 0 fully saturated rings. The van der Waals surface area contributed by atoms with Gasteiger partial charge in [0.25, 0.3) is 0 Å². The number of hydrogen-bond acceptors (Lipinski definition) is 4. The quantitative estimate of drug-likeness (QED) is 0.744. The molecule has 1 rings (SSSR count). The molecule has 1 aromatic heterocycles. The SMILES string of the molecule is CC(CC#N)N(C)c1cccnc1C#N. The number of aromatic nitrogens is 1. The first-order valence-electron chi connectivity index (χ1n) is 4.65. The van der Waals surface area contributed by atoms with E-state index in [0.29, 0.717) is 12.1 Å². The van der Waals surface area contributed by atoms with Gasteiger partial charge >= 0.3 is 0 Å². The minimum Gasteiger partial charge on any atom is -0.369 e. The molecule has 0 spiro atoms. The average Bonchev–Trinajstić information content (AvgIpc) is 2.28. The van der Waals surface area contributed by atoms with Gasteiger partial charge in [-0.05, 0) is 19.1 Å². The van der Waals surface area contributed by atoms with E-state index in [-0.39, 0.29) is 6.04 Å². The Morgan fingerprint density at radius 1 is 1.53 bits per heavy atom. The van der Waals surface area contributed by atoms with Crippen LogP contribution in [0.25, 0.3) is 0 Å². The minimum atomic E-state index is 0.0753. The van der Waals surface area contributed by atoms with Crippen LogP contribution in [0.15, 0.2) is 18.3 Å². The first-order valence-corrected chi connectivity index (χ1v) is 4.65. The second-order valence-corrected chi connectivity index (χ2v) is 3.31. The Morgan fingerprint density at radius 3 is 2.87 bits per heavy atom. The minimum absolute atomic E-state index is 0.0753. The van der Waals surface area contributed by atoms with E-state index in [0.717, 1.165) is 5.69 Å². The Hall–Kier alpha value is -2.07. The monoisotopic (exact) mass is 200 g/mol. The van der Waals surface area contributed by atoms with Crippen LogP contribution in [0.3, 0.4) is 0 Å². The van der Waals surface area contributed by atoms with Gasteiger partial charge in [-0.3, -0.25) is 0 Å². The number of nitrogens with zero attached hydrogens (tertiary/aromatic N) is 4. The fraction of sp³-hybridized carbons (Fsp3) is 0.364. The van der Waals surface area contributed by atoms with Gasteiger partial charge in [0.1, 0.15) is 6.07 Å². The van der Waals surface area contributed by atoms with Crippen LogP contribution in [-0.2, 0) is 0 Å². The molecule has 0 aliphatic carbocycles. The van der Waals surface area contributed by atoms with E-state index in [1.165, 1.54) is 0 Å². The molecular weight excluding hydrogens is 188 g/mol. The summed E-state index contributed by atoms with van der Waals surface area (Å²) >= 11 is 0. The van der Waals surface area contributed by atoms with Crippen molar-refractivity contribution in [1.82, 2.24) is 4.98 Å². The molecule has 0 saturated carbocycles. The summed E-state index contributed by atoms with van der Waals surface area (Å²) in [5.74, 6) is 0. The summed E-state index contributed by atoms with van der Waals surface area (Å²) < 4.78 is 0. The van der Waals surface area contributed by atoms with Crippen molar-refractivity contribution in [2.75, 3.05) is 11.9 Å². The van der Waals surface area contributed by atoms with E-state index in [9.17, 15) is 0 Å². The second kappa shape index (κ2) is 4.97. The molecule has 76 valence electrons. The summed E-state index contributed by atoms with van der Waals surface area (Å²) in [7, 11) is 1.86. The largest absolute Gasteiger partial charge is 0.369 e. The summed E-state index contributed by atoms with van der Waals surface area (Å²) in [6, 6.07) is 7.84. The highest BCUT2D eigenvalue weighted by molar-refractivity contribution is 5.55. The van der Waals surface area contributed by atoms with Crippen LogP contribution in [0.5, 0.6) is 0 Å². The lowest BCUT2D eigenvalue weighted by atomic mass is 10.2. The lowest BCUT2D eigenvalue weighted by Crippen LogP contribution is -2.29. The Bertz CT molecular complexity index is 413. The Morgan fingerprint density at radius 2 is 2.27 bits per heavy atom. The molecular formula is C11H12N4. The summed E-state index contributed by atoms with van der Waals surface area (Å²) in [5.41, 5.74) is 1.16. The van der Waals surface area contributed by atoms with E-state index in [1.807, 2.05) is 31.0 Å². The van der Waals surface area contributed by atoms with Crippen LogP contribution in [0.4, 0.5) is 5.69 Å². The third kappa shape index (κ3) is 2.45. The molecule has 4 heteroatoms. The molecule has 0 radical (unpaired) electrons. The molecule has 1 aromatic rings. The van der Waals surface area contributed by atoms with Gasteiger partial charge in [0.05, 0.1) is 18.2 Å². The van der Waals surface area contributed by atoms with Gasteiger partial charge in [-0.2, -0.15) is 10.5 Å². The molecule has 0 bridgehead atoms. The lowest BCUT2D eigenvalue weighted by Gasteiger charge is -2.25. The van der Waals surface area contributed by atoms with Crippen molar-refractivity contribution in [2.45, 2.75) is 19.4 Å². The van der Waals surface area contributed by atoms with E-state index in [2.05, 4.69) is 11.1 Å². The topological polar surface area (TPSA) is 63.7 Å². The second-order valence-electron chi connectivity index (χ2n) is 3.31. The Kier molecular flexibility index (Phi) is 3.65. The summed E-state index contributed by atoms with van der Waals surface area (Å²) in [5, 5.41) is 17.5. The molecule has 0 amide bonds. The van der Waals surface area contributed by atoms with Crippen molar-refractivity contribution in [2.24, 2.45) is 0 Å². The van der Waals surface area contributed by atoms with E-state index in [4.69, 9.17) is 10.5 Å². The average molecular weight is 200 g/mol. The molecule has 0 N–H and O–H groups in total. The lowest BCUT2D eigenvalue weighted by molar-refractivity contribution is 0.700. The molecule has 0 aliphatic heterocycles. The maximum atomic E-state index is 8.87. The molecule has 1 heterocycles. The highest BCUT2D eigenvalue weighted by Gasteiger charge is 2.13. The summed E-state index contributed by atoms with van der Waals surface area (Å²) in [4.78, 5) is 5.87. The number of rotatable bonds is 3. The molecule has 0 aliphatic rings. The highest BCUT2D eigenvalue weighted by Crippen LogP contribution is 2.18. The molecule has 1 atom stereocenters. The van der Waals surface area contributed by atoms with E-state index >= 15 is 0 Å². The van der Waals surface area contributed by atoms with Crippen LogP contribution < -0.4 is 4.90 Å². The number of nitriles is 2. The first-order chi connectivity index (χ1) is 7.20. The Balaban J connectivity index is 2.97. The van der Waals surface area contributed by atoms with Crippen molar-refractivity contribution in [3.63, 3.8) is 0 Å². The van der Waals surface area contributed by atoms with Gasteiger partial charge < -0.3 is 4.90 Å². The maximum Gasteiger partial charge on any atom is 0.163 e. The van der Waals surface area contributed by atoms with Crippen LogP contribution in [0.2, 0.25) is 0 Å². The fourth-order valence-electron chi connectivity index (χ4n) is 1.27. The number of hydrogen-bond donors (Lipinski definition) is 0. The standard InChI is InChI=1S/C11H12N4/c1-9(5-6-12)15(2)11-4-3-7-14-10(11)8-13/h3-4,7,9H,5H2,1-2H3. The highest BCUT2D eigenvalue weighted by atomic mass is 15.1. The zero-order valence-electron chi connectivity index (χ0n) is 8.81. The molecule has 15 heavy (non-hydrogen) atoms. The number of anilines is 1. The van der Waals surface area contributed by atoms with Gasteiger partial charge in [0, 0.05) is 19.3 Å². The van der Waals surface area contributed by atoms with Gasteiger partial charge in [-0.1, -0.05) is 0 Å². The van der Waals surface area contributed by atoms with Crippen molar-refractivity contribution in [1.29, 1.82) is 10.5 Å². The first kappa shape index (κ1) is 11.0. The zero-order chi connectivity index (χ0) is 11.3. The van der Waals surface area contributed by atoms with Crippen molar-refractivity contribution in [3.8, 4) is 12.1 Å². The van der Waals surface area contributed by atoms with Gasteiger partial charge in [-0.25, -0.2) is 4.98 Å². The van der Waals surface area contributed by atoms with Crippen LogP contribution in [0.1, 0.15) is 19.0 Å². The molecule has 4 nitrogen and oxygen atoms in total. The van der Waals surface area contributed by atoms with Crippen molar-refractivity contribution < 1.29 is 0 Å². The van der Waals surface area contributed by atoms with Crippen molar-refractivity contribution in [3.05, 3.63) is 24.0 Å². The predicted octanol–water partition coefficient (Wildman–Crippen LogP) is 1.69. The smallest absolute Gasteiger partial charge is 0.163 e. The number of pyridine rings is 1. The van der Waals surface area contributed by atoms with Gasteiger partial charge in [0.15, 0.2) is 5.69 Å². The van der Waals surface area contributed by atoms with Gasteiger partial charge in [-0.15, -0.1) is 0 Å². The van der Waals surface area contributed by atoms with E-state index in [1.54, 1.807) is 12.3 Å². The molecule has 1 unspecified atom stereocenters. The summed E-state index contributed by atoms with van der Waals surface area (Å²) in [6.45, 7) is 1.94. The van der Waals surface area contributed by atoms with Crippen LogP contribution in [0, 0.1) is 22.7 Å². The third-order valence-electron chi connectivity index (χ3n) is 2.32.